The molecule has 0 radical (unpaired) electrons. The first-order chi connectivity index (χ1) is 9.93. The molecule has 0 saturated carbocycles. The van der Waals surface area contributed by atoms with Crippen molar-refractivity contribution in [3.63, 3.8) is 0 Å². The summed E-state index contributed by atoms with van der Waals surface area (Å²) in [6.07, 6.45) is 2.80. The van der Waals surface area contributed by atoms with Crippen LogP contribution in [0.25, 0.3) is 0 Å². The first-order valence-corrected chi connectivity index (χ1v) is 7.44. The second-order valence-corrected chi connectivity index (χ2v) is 5.66. The molecule has 1 aromatic carbocycles. The predicted octanol–water partition coefficient (Wildman–Crippen LogP) is 4.32. The Hall–Kier alpha value is -1.56. The molecular weight excluding hydrogens is 342 g/mol. The largest absolute Gasteiger partial charge is 0.294 e. The molecule has 2 aromatic rings. The van der Waals surface area contributed by atoms with E-state index in [1.54, 1.807) is 10.7 Å². The van der Waals surface area contributed by atoms with Crippen molar-refractivity contribution < 1.29 is 13.6 Å². The van der Waals surface area contributed by atoms with Gasteiger partial charge in [-0.3, -0.25) is 9.48 Å². The molecule has 6 heteroatoms. The molecule has 0 bridgehead atoms. The van der Waals surface area contributed by atoms with Crippen LogP contribution in [-0.2, 0) is 6.42 Å². The summed E-state index contributed by atoms with van der Waals surface area (Å²) >= 11 is 2.92. The maximum atomic E-state index is 13.5. The summed E-state index contributed by atoms with van der Waals surface area (Å²) in [5.41, 5.74) is 0.726. The lowest BCUT2D eigenvalue weighted by Gasteiger charge is -2.08. The highest BCUT2D eigenvalue weighted by molar-refractivity contribution is 9.10. The van der Waals surface area contributed by atoms with E-state index in [1.165, 1.54) is 6.07 Å². The fraction of sp³-hybridized carbons (Fsp3) is 0.333. The molecule has 1 unspecified atom stereocenters. The first-order valence-electron chi connectivity index (χ1n) is 6.64. The minimum Gasteiger partial charge on any atom is -0.294 e. The molecule has 21 heavy (non-hydrogen) atoms. The highest BCUT2D eigenvalue weighted by atomic mass is 79.9. The number of halogens is 3. The molecule has 3 nitrogen and oxygen atoms in total. The minimum absolute atomic E-state index is 0.0487. The van der Waals surface area contributed by atoms with Gasteiger partial charge in [-0.1, -0.05) is 6.92 Å². The van der Waals surface area contributed by atoms with Crippen molar-refractivity contribution in [1.29, 1.82) is 0 Å². The van der Waals surface area contributed by atoms with Crippen molar-refractivity contribution in [2.24, 2.45) is 0 Å². The third kappa shape index (κ3) is 3.37. The van der Waals surface area contributed by atoms with Crippen LogP contribution < -0.4 is 0 Å². The molecular formula is C15H15BrF2N2O. The minimum atomic E-state index is -1.05. The lowest BCUT2D eigenvalue weighted by atomic mass is 10.1. The predicted molar refractivity (Wildman–Crippen MR) is 79.3 cm³/mol. The van der Waals surface area contributed by atoms with Crippen molar-refractivity contribution >= 4 is 21.7 Å². The van der Waals surface area contributed by atoms with Gasteiger partial charge in [0.2, 0.25) is 0 Å². The topological polar surface area (TPSA) is 34.9 Å². The standard InChI is InChI=1S/C15H15BrF2N2O/c1-3-9(2)20-7-6-10(19-20)8-13(21)11-4-5-12(17)15(18)14(11)16/h4-7,9H,3,8H2,1-2H3. The fourth-order valence-corrected chi connectivity index (χ4v) is 2.45. The van der Waals surface area contributed by atoms with Gasteiger partial charge in [-0.25, -0.2) is 8.78 Å². The number of nitrogens with zero attached hydrogens (tertiary/aromatic N) is 2. The second kappa shape index (κ2) is 6.47. The van der Waals surface area contributed by atoms with Gasteiger partial charge in [-0.05, 0) is 47.5 Å². The van der Waals surface area contributed by atoms with E-state index in [0.29, 0.717) is 5.69 Å². The molecule has 0 spiro atoms. The van der Waals surface area contributed by atoms with E-state index in [2.05, 4.69) is 28.0 Å². The van der Waals surface area contributed by atoms with E-state index in [0.717, 1.165) is 12.5 Å². The molecule has 0 fully saturated rings. The molecule has 112 valence electrons. The lowest BCUT2D eigenvalue weighted by Crippen LogP contribution is -2.09. The van der Waals surface area contributed by atoms with Gasteiger partial charge in [-0.2, -0.15) is 5.10 Å². The van der Waals surface area contributed by atoms with E-state index in [9.17, 15) is 13.6 Å². The van der Waals surface area contributed by atoms with E-state index in [1.807, 2.05) is 13.1 Å². The number of carbonyl (C=O) groups excluding carboxylic acids is 1. The van der Waals surface area contributed by atoms with Gasteiger partial charge in [0.15, 0.2) is 17.4 Å². The van der Waals surface area contributed by atoms with Crippen molar-refractivity contribution in [2.45, 2.75) is 32.7 Å². The number of benzene rings is 1. The Morgan fingerprint density at radius 3 is 2.76 bits per heavy atom. The molecule has 0 aliphatic rings. The van der Waals surface area contributed by atoms with Crippen LogP contribution in [0, 0.1) is 11.6 Å². The summed E-state index contributed by atoms with van der Waals surface area (Å²) in [5, 5.41) is 4.33. The van der Waals surface area contributed by atoms with Gasteiger partial charge >= 0.3 is 0 Å². The van der Waals surface area contributed by atoms with E-state index in [4.69, 9.17) is 0 Å². The Labute approximate surface area is 130 Å². The highest BCUT2D eigenvalue weighted by Gasteiger charge is 2.18. The molecule has 2 rings (SSSR count). The van der Waals surface area contributed by atoms with Crippen LogP contribution in [0.5, 0.6) is 0 Å². The van der Waals surface area contributed by atoms with E-state index in [-0.39, 0.29) is 28.3 Å². The number of rotatable bonds is 5. The number of carbonyl (C=O) groups is 1. The third-order valence-corrected chi connectivity index (χ3v) is 4.16. The van der Waals surface area contributed by atoms with Crippen molar-refractivity contribution in [2.75, 3.05) is 0 Å². The Morgan fingerprint density at radius 1 is 1.38 bits per heavy atom. The Kier molecular flexibility index (Phi) is 4.88. The molecule has 1 heterocycles. The Bertz CT molecular complexity index is 670. The Balaban J connectivity index is 2.19. The first kappa shape index (κ1) is 15.8. The summed E-state index contributed by atoms with van der Waals surface area (Å²) in [6, 6.07) is 4.24. The number of aromatic nitrogens is 2. The molecule has 0 N–H and O–H groups in total. The van der Waals surface area contributed by atoms with E-state index < -0.39 is 11.6 Å². The molecule has 0 saturated heterocycles. The van der Waals surface area contributed by atoms with Crippen molar-refractivity contribution in [1.82, 2.24) is 9.78 Å². The molecule has 0 aliphatic carbocycles. The SMILES string of the molecule is CCC(C)n1ccc(CC(=O)c2ccc(F)c(F)c2Br)n1. The monoisotopic (exact) mass is 356 g/mol. The average Bonchev–Trinajstić information content (AvgIpc) is 2.92. The van der Waals surface area contributed by atoms with Gasteiger partial charge in [0, 0.05) is 17.8 Å². The van der Waals surface area contributed by atoms with Crippen LogP contribution in [0.15, 0.2) is 28.9 Å². The zero-order valence-electron chi connectivity index (χ0n) is 11.7. The Morgan fingerprint density at radius 2 is 2.10 bits per heavy atom. The molecule has 0 aliphatic heterocycles. The maximum absolute atomic E-state index is 13.5. The van der Waals surface area contributed by atoms with Gasteiger partial charge in [0.25, 0.3) is 0 Å². The summed E-state index contributed by atoms with van der Waals surface area (Å²) in [7, 11) is 0. The third-order valence-electron chi connectivity index (χ3n) is 3.38. The van der Waals surface area contributed by atoms with Crippen LogP contribution >= 0.6 is 15.9 Å². The smallest absolute Gasteiger partial charge is 0.173 e. The van der Waals surface area contributed by atoms with Crippen LogP contribution in [-0.4, -0.2) is 15.6 Å². The van der Waals surface area contributed by atoms with Gasteiger partial charge < -0.3 is 0 Å². The summed E-state index contributed by atoms with van der Waals surface area (Å²) < 4.78 is 28.2. The van der Waals surface area contributed by atoms with Crippen LogP contribution in [0.4, 0.5) is 8.78 Å². The summed E-state index contributed by atoms with van der Waals surface area (Å²) in [5.74, 6) is -2.35. The van der Waals surface area contributed by atoms with Crippen LogP contribution in [0.3, 0.4) is 0 Å². The van der Waals surface area contributed by atoms with Gasteiger partial charge in [0.1, 0.15) is 0 Å². The summed E-state index contributed by atoms with van der Waals surface area (Å²) in [6.45, 7) is 4.08. The van der Waals surface area contributed by atoms with E-state index >= 15 is 0 Å². The van der Waals surface area contributed by atoms with Crippen LogP contribution in [0.1, 0.15) is 42.4 Å². The molecule has 0 amide bonds. The zero-order chi connectivity index (χ0) is 15.6. The summed E-state index contributed by atoms with van der Waals surface area (Å²) in [4.78, 5) is 12.2. The van der Waals surface area contributed by atoms with Crippen LogP contribution in [0.2, 0.25) is 0 Å². The molecule has 1 aromatic heterocycles. The van der Waals surface area contributed by atoms with Gasteiger partial charge in [0.05, 0.1) is 16.6 Å². The normalized spacial score (nSPS) is 12.4. The maximum Gasteiger partial charge on any atom is 0.173 e. The fourth-order valence-electron chi connectivity index (χ4n) is 1.91. The number of hydrogen-bond acceptors (Lipinski definition) is 2. The lowest BCUT2D eigenvalue weighted by molar-refractivity contribution is 0.0990. The quantitative estimate of drug-likeness (QED) is 0.590. The van der Waals surface area contributed by atoms with Crippen molar-refractivity contribution in [3.05, 3.63) is 51.8 Å². The highest BCUT2D eigenvalue weighted by Crippen LogP contribution is 2.24. The number of hydrogen-bond donors (Lipinski definition) is 0. The number of Topliss-reactive ketones (excluding diaryl/α,β-unsaturated/α-hetero) is 1. The zero-order valence-corrected chi connectivity index (χ0v) is 13.3. The van der Waals surface area contributed by atoms with Gasteiger partial charge in [-0.15, -0.1) is 0 Å². The second-order valence-electron chi connectivity index (χ2n) is 4.87. The van der Waals surface area contributed by atoms with Crippen molar-refractivity contribution in [3.8, 4) is 0 Å². The molecule has 1 atom stereocenters. The number of ketones is 1. The average molecular weight is 357 g/mol.